The summed E-state index contributed by atoms with van der Waals surface area (Å²) in [6.07, 6.45) is 0. The molecule has 0 saturated heterocycles. The topological polar surface area (TPSA) is 57.6 Å². The van der Waals surface area contributed by atoms with Crippen LogP contribution in [0.5, 0.6) is 0 Å². The van der Waals surface area contributed by atoms with E-state index in [1.54, 1.807) is 6.92 Å². The summed E-state index contributed by atoms with van der Waals surface area (Å²) in [5.74, 6) is -0.833. The maximum absolute atomic E-state index is 13.6. The number of likely N-dealkylation sites (N-methyl/N-ethyl adjacent to an activating group) is 1. The zero-order chi connectivity index (χ0) is 13.9. The lowest BCUT2D eigenvalue weighted by Gasteiger charge is -2.18. The Morgan fingerprint density at radius 2 is 2.11 bits per heavy atom. The Labute approximate surface area is 106 Å². The van der Waals surface area contributed by atoms with E-state index in [0.717, 1.165) is 16.4 Å². The van der Waals surface area contributed by atoms with Crippen molar-refractivity contribution in [2.45, 2.75) is 18.4 Å². The summed E-state index contributed by atoms with van der Waals surface area (Å²) < 4.78 is 38.9. The number of benzene rings is 1. The van der Waals surface area contributed by atoms with Gasteiger partial charge in [0.25, 0.3) is 0 Å². The van der Waals surface area contributed by atoms with Crippen LogP contribution in [0.25, 0.3) is 0 Å². The third-order valence-corrected chi connectivity index (χ3v) is 4.18. The number of hydrogen-bond acceptors (Lipinski definition) is 3. The number of halogens is 1. The minimum Gasteiger partial charge on any atom is -0.392 e. The molecule has 0 aliphatic rings. The van der Waals surface area contributed by atoms with Gasteiger partial charge in [-0.1, -0.05) is 18.2 Å². The van der Waals surface area contributed by atoms with E-state index in [4.69, 9.17) is 5.11 Å². The van der Waals surface area contributed by atoms with Gasteiger partial charge in [-0.15, -0.1) is 0 Å². The van der Waals surface area contributed by atoms with Gasteiger partial charge in [-0.25, -0.2) is 12.8 Å². The molecule has 0 heterocycles. The average Bonchev–Trinajstić information content (AvgIpc) is 2.28. The van der Waals surface area contributed by atoms with Crippen molar-refractivity contribution in [2.24, 2.45) is 0 Å². The van der Waals surface area contributed by atoms with E-state index in [-0.39, 0.29) is 13.2 Å². The fourth-order valence-electron chi connectivity index (χ4n) is 1.48. The number of nitrogens with zero attached hydrogens (tertiary/aromatic N) is 1. The normalized spacial score (nSPS) is 11.8. The van der Waals surface area contributed by atoms with Crippen molar-refractivity contribution in [3.63, 3.8) is 0 Å². The van der Waals surface area contributed by atoms with Crippen molar-refractivity contribution >= 4 is 10.0 Å². The monoisotopic (exact) mass is 273 g/mol. The summed E-state index contributed by atoms with van der Waals surface area (Å²) in [5.41, 5.74) is 0.999. The van der Waals surface area contributed by atoms with Crippen molar-refractivity contribution < 1.29 is 17.9 Å². The van der Waals surface area contributed by atoms with Crippen LogP contribution in [-0.2, 0) is 16.6 Å². The standard InChI is InChI=1S/C12H16FNO3S/c1-9(2)7-14(3)18(16,17)12-6-10(8-15)4-5-11(12)13/h4-6,15H,1,7-8H2,2-3H3. The second kappa shape index (κ2) is 5.60. The second-order valence-corrected chi connectivity index (χ2v) is 6.15. The van der Waals surface area contributed by atoms with Gasteiger partial charge in [0.05, 0.1) is 6.61 Å². The molecule has 1 rings (SSSR count). The maximum atomic E-state index is 13.6. The van der Waals surface area contributed by atoms with Crippen LogP contribution in [0.1, 0.15) is 12.5 Å². The molecule has 0 amide bonds. The number of hydrogen-bond donors (Lipinski definition) is 1. The quantitative estimate of drug-likeness (QED) is 0.827. The van der Waals surface area contributed by atoms with Crippen molar-refractivity contribution in [2.75, 3.05) is 13.6 Å². The first-order valence-electron chi connectivity index (χ1n) is 5.29. The molecule has 1 N–H and O–H groups in total. The van der Waals surface area contributed by atoms with Crippen LogP contribution in [0, 0.1) is 5.82 Å². The molecule has 0 spiro atoms. The van der Waals surface area contributed by atoms with E-state index in [1.807, 2.05) is 0 Å². The molecule has 100 valence electrons. The van der Waals surface area contributed by atoms with E-state index in [2.05, 4.69) is 6.58 Å². The van der Waals surface area contributed by atoms with Crippen molar-refractivity contribution in [3.05, 3.63) is 41.7 Å². The summed E-state index contributed by atoms with van der Waals surface area (Å²) in [6.45, 7) is 5.08. The van der Waals surface area contributed by atoms with Crippen LogP contribution in [0.15, 0.2) is 35.2 Å². The molecule has 1 aromatic rings. The van der Waals surface area contributed by atoms with Gasteiger partial charge < -0.3 is 5.11 Å². The minimum absolute atomic E-state index is 0.116. The van der Waals surface area contributed by atoms with Gasteiger partial charge in [0, 0.05) is 13.6 Å². The van der Waals surface area contributed by atoms with Crippen molar-refractivity contribution in [1.29, 1.82) is 0 Å². The first kappa shape index (κ1) is 14.8. The van der Waals surface area contributed by atoms with Crippen LogP contribution >= 0.6 is 0 Å². The number of aliphatic hydroxyl groups excluding tert-OH is 1. The molecule has 0 atom stereocenters. The van der Waals surface area contributed by atoms with E-state index >= 15 is 0 Å². The van der Waals surface area contributed by atoms with Gasteiger partial charge in [0.1, 0.15) is 10.7 Å². The Kier molecular flexibility index (Phi) is 4.61. The molecule has 0 saturated carbocycles. The molecule has 0 fully saturated rings. The highest BCUT2D eigenvalue weighted by atomic mass is 32.2. The average molecular weight is 273 g/mol. The lowest BCUT2D eigenvalue weighted by atomic mass is 10.2. The molecule has 0 bridgehead atoms. The third kappa shape index (κ3) is 3.16. The second-order valence-electron chi connectivity index (χ2n) is 4.14. The molecule has 4 nitrogen and oxygen atoms in total. The summed E-state index contributed by atoms with van der Waals surface area (Å²) in [4.78, 5) is -0.433. The molecule has 0 unspecified atom stereocenters. The summed E-state index contributed by atoms with van der Waals surface area (Å²) in [5, 5.41) is 8.96. The lowest BCUT2D eigenvalue weighted by Crippen LogP contribution is -2.29. The summed E-state index contributed by atoms with van der Waals surface area (Å²) in [6, 6.07) is 3.51. The highest BCUT2D eigenvalue weighted by Crippen LogP contribution is 2.20. The number of sulfonamides is 1. The zero-order valence-electron chi connectivity index (χ0n) is 10.4. The fraction of sp³-hybridized carbons (Fsp3) is 0.333. The lowest BCUT2D eigenvalue weighted by molar-refractivity contribution is 0.281. The maximum Gasteiger partial charge on any atom is 0.246 e. The molecule has 0 aromatic heterocycles. The molecular formula is C12H16FNO3S. The molecule has 0 radical (unpaired) electrons. The van der Waals surface area contributed by atoms with Crippen LogP contribution in [0.4, 0.5) is 4.39 Å². The van der Waals surface area contributed by atoms with Gasteiger partial charge in [-0.2, -0.15) is 4.31 Å². The summed E-state index contributed by atoms with van der Waals surface area (Å²) >= 11 is 0. The molecule has 0 aliphatic heterocycles. The van der Waals surface area contributed by atoms with E-state index in [0.29, 0.717) is 11.1 Å². The minimum atomic E-state index is -3.91. The Hall–Kier alpha value is -1.24. The van der Waals surface area contributed by atoms with Crippen LogP contribution < -0.4 is 0 Å². The van der Waals surface area contributed by atoms with Gasteiger partial charge in [0.15, 0.2) is 0 Å². The smallest absolute Gasteiger partial charge is 0.246 e. The van der Waals surface area contributed by atoms with E-state index in [9.17, 15) is 12.8 Å². The van der Waals surface area contributed by atoms with Crippen LogP contribution in [0.3, 0.4) is 0 Å². The van der Waals surface area contributed by atoms with E-state index < -0.39 is 20.7 Å². The molecule has 18 heavy (non-hydrogen) atoms. The molecule has 0 aliphatic carbocycles. The summed E-state index contributed by atoms with van der Waals surface area (Å²) in [7, 11) is -2.55. The van der Waals surface area contributed by atoms with Crippen LogP contribution in [-0.4, -0.2) is 31.4 Å². The molecule has 6 heteroatoms. The van der Waals surface area contributed by atoms with Gasteiger partial charge in [0.2, 0.25) is 10.0 Å². The predicted octanol–water partition coefficient (Wildman–Crippen LogP) is 1.51. The van der Waals surface area contributed by atoms with Gasteiger partial charge in [-0.3, -0.25) is 0 Å². The first-order chi connectivity index (χ1) is 8.28. The Balaban J connectivity index is 3.23. The largest absolute Gasteiger partial charge is 0.392 e. The third-order valence-electron chi connectivity index (χ3n) is 2.36. The van der Waals surface area contributed by atoms with E-state index in [1.165, 1.54) is 13.1 Å². The fourth-order valence-corrected chi connectivity index (χ4v) is 2.82. The number of rotatable bonds is 5. The zero-order valence-corrected chi connectivity index (χ0v) is 11.2. The highest BCUT2D eigenvalue weighted by Gasteiger charge is 2.24. The van der Waals surface area contributed by atoms with Crippen LogP contribution in [0.2, 0.25) is 0 Å². The Morgan fingerprint density at radius 3 is 2.61 bits per heavy atom. The number of aliphatic hydroxyl groups is 1. The SMILES string of the molecule is C=C(C)CN(C)S(=O)(=O)c1cc(CO)ccc1F. The molecule has 1 aromatic carbocycles. The Bertz CT molecular complexity index is 554. The first-order valence-corrected chi connectivity index (χ1v) is 6.73. The highest BCUT2D eigenvalue weighted by molar-refractivity contribution is 7.89. The van der Waals surface area contributed by atoms with Crippen molar-refractivity contribution in [3.8, 4) is 0 Å². The van der Waals surface area contributed by atoms with Gasteiger partial charge >= 0.3 is 0 Å². The predicted molar refractivity (Wildman–Crippen MR) is 67.0 cm³/mol. The Morgan fingerprint density at radius 1 is 1.50 bits per heavy atom. The van der Waals surface area contributed by atoms with Gasteiger partial charge in [-0.05, 0) is 24.6 Å². The van der Waals surface area contributed by atoms with Crippen molar-refractivity contribution in [1.82, 2.24) is 4.31 Å². The molecular weight excluding hydrogens is 257 g/mol.